The predicted molar refractivity (Wildman–Crippen MR) is 85.3 cm³/mol. The zero-order valence-corrected chi connectivity index (χ0v) is 13.0. The van der Waals surface area contributed by atoms with Gasteiger partial charge in [0.15, 0.2) is 0 Å². The van der Waals surface area contributed by atoms with Crippen molar-refractivity contribution in [2.45, 2.75) is 26.8 Å². The summed E-state index contributed by atoms with van der Waals surface area (Å²) in [5.41, 5.74) is 1.59. The average Bonchev–Trinajstić information content (AvgIpc) is 2.31. The first kappa shape index (κ1) is 14.9. The number of nitrogens with one attached hydrogen (secondary N) is 2. The third-order valence-electron chi connectivity index (χ3n) is 2.47. The largest absolute Gasteiger partial charge is 0.368 e. The monoisotopic (exact) mass is 310 g/mol. The van der Waals surface area contributed by atoms with Crippen LogP contribution in [-0.2, 0) is 0 Å². The highest BCUT2D eigenvalue weighted by atomic mass is 35.5. The standard InChI is InChI=1S/C14H16Cl2N4/c1-8(2)17-13-6-9(3)18-14(20-13)19-12-5-4-10(15)7-11(12)16/h4-8H,1-3H3,(H2,17,18,19,20). The molecule has 0 spiro atoms. The van der Waals surface area contributed by atoms with E-state index in [1.54, 1.807) is 18.2 Å². The van der Waals surface area contributed by atoms with Gasteiger partial charge in [-0.25, -0.2) is 4.98 Å². The Balaban J connectivity index is 2.26. The molecule has 2 rings (SSSR count). The fourth-order valence-electron chi connectivity index (χ4n) is 1.71. The first-order chi connectivity index (χ1) is 9.44. The molecule has 0 aliphatic carbocycles. The van der Waals surface area contributed by atoms with Gasteiger partial charge < -0.3 is 10.6 Å². The smallest absolute Gasteiger partial charge is 0.229 e. The second-order valence-corrected chi connectivity index (χ2v) is 5.61. The van der Waals surface area contributed by atoms with Crippen LogP contribution in [0.5, 0.6) is 0 Å². The van der Waals surface area contributed by atoms with Crippen LogP contribution in [0.25, 0.3) is 0 Å². The molecule has 0 saturated heterocycles. The molecule has 2 N–H and O–H groups in total. The van der Waals surface area contributed by atoms with Crippen molar-refractivity contribution in [3.8, 4) is 0 Å². The molecule has 0 aliphatic rings. The second-order valence-electron chi connectivity index (χ2n) is 4.77. The van der Waals surface area contributed by atoms with Gasteiger partial charge in [-0.2, -0.15) is 4.98 Å². The van der Waals surface area contributed by atoms with E-state index in [4.69, 9.17) is 23.2 Å². The first-order valence-electron chi connectivity index (χ1n) is 6.28. The van der Waals surface area contributed by atoms with Crippen LogP contribution in [0.3, 0.4) is 0 Å². The number of rotatable bonds is 4. The molecule has 0 fully saturated rings. The minimum atomic E-state index is 0.302. The molecule has 106 valence electrons. The zero-order chi connectivity index (χ0) is 14.7. The summed E-state index contributed by atoms with van der Waals surface area (Å²) in [6, 6.07) is 7.43. The summed E-state index contributed by atoms with van der Waals surface area (Å²) in [6.07, 6.45) is 0. The number of aryl methyl sites for hydroxylation is 1. The van der Waals surface area contributed by atoms with Gasteiger partial charge >= 0.3 is 0 Å². The second kappa shape index (κ2) is 6.29. The molecule has 0 radical (unpaired) electrons. The normalized spacial score (nSPS) is 10.7. The predicted octanol–water partition coefficient (Wildman–Crippen LogP) is 4.66. The Hall–Kier alpha value is -1.52. The lowest BCUT2D eigenvalue weighted by Gasteiger charge is -2.12. The number of benzene rings is 1. The van der Waals surface area contributed by atoms with E-state index in [0.717, 1.165) is 17.2 Å². The van der Waals surface area contributed by atoms with Gasteiger partial charge in [-0.15, -0.1) is 0 Å². The molecule has 6 heteroatoms. The van der Waals surface area contributed by atoms with Crippen molar-refractivity contribution in [3.63, 3.8) is 0 Å². The molecule has 4 nitrogen and oxygen atoms in total. The maximum absolute atomic E-state index is 6.13. The molecule has 0 saturated carbocycles. The van der Waals surface area contributed by atoms with E-state index in [-0.39, 0.29) is 0 Å². The number of hydrogen-bond donors (Lipinski definition) is 2. The lowest BCUT2D eigenvalue weighted by Crippen LogP contribution is -2.12. The van der Waals surface area contributed by atoms with Crippen LogP contribution in [0.2, 0.25) is 10.0 Å². The highest BCUT2D eigenvalue weighted by Crippen LogP contribution is 2.27. The van der Waals surface area contributed by atoms with Gasteiger partial charge in [-0.05, 0) is 39.0 Å². The molecule has 2 aromatic rings. The fourth-order valence-corrected chi connectivity index (χ4v) is 2.16. The van der Waals surface area contributed by atoms with E-state index >= 15 is 0 Å². The Morgan fingerprint density at radius 1 is 1.10 bits per heavy atom. The van der Waals surface area contributed by atoms with E-state index in [0.29, 0.717) is 22.0 Å². The molecule has 1 aromatic heterocycles. The molecule has 20 heavy (non-hydrogen) atoms. The summed E-state index contributed by atoms with van der Waals surface area (Å²) in [5, 5.41) is 7.47. The van der Waals surface area contributed by atoms with Crippen molar-refractivity contribution in [3.05, 3.63) is 40.0 Å². The summed E-state index contributed by atoms with van der Waals surface area (Å²) in [5.74, 6) is 1.28. The van der Waals surface area contributed by atoms with Crippen molar-refractivity contribution in [1.29, 1.82) is 0 Å². The Kier molecular flexibility index (Phi) is 4.68. The zero-order valence-electron chi connectivity index (χ0n) is 11.5. The molecular weight excluding hydrogens is 295 g/mol. The molecule has 1 heterocycles. The van der Waals surface area contributed by atoms with Crippen LogP contribution in [0.15, 0.2) is 24.3 Å². The fraction of sp³-hybridized carbons (Fsp3) is 0.286. The van der Waals surface area contributed by atoms with Crippen LogP contribution in [0.4, 0.5) is 17.5 Å². The summed E-state index contributed by atoms with van der Waals surface area (Å²) in [7, 11) is 0. The van der Waals surface area contributed by atoms with Gasteiger partial charge in [0.25, 0.3) is 0 Å². The van der Waals surface area contributed by atoms with Crippen LogP contribution in [-0.4, -0.2) is 16.0 Å². The van der Waals surface area contributed by atoms with Crippen LogP contribution in [0, 0.1) is 6.92 Å². The number of nitrogens with zero attached hydrogens (tertiary/aromatic N) is 2. The number of anilines is 3. The Labute approximate surface area is 128 Å². The maximum Gasteiger partial charge on any atom is 0.229 e. The number of aromatic nitrogens is 2. The van der Waals surface area contributed by atoms with Crippen LogP contribution >= 0.6 is 23.2 Å². The summed E-state index contributed by atoms with van der Waals surface area (Å²) >= 11 is 12.0. The number of halogens is 2. The summed E-state index contributed by atoms with van der Waals surface area (Å²) in [4.78, 5) is 8.75. The Morgan fingerprint density at radius 2 is 1.85 bits per heavy atom. The highest BCUT2D eigenvalue weighted by Gasteiger charge is 2.06. The summed E-state index contributed by atoms with van der Waals surface area (Å²) < 4.78 is 0. The minimum absolute atomic E-state index is 0.302. The average molecular weight is 311 g/mol. The maximum atomic E-state index is 6.13. The minimum Gasteiger partial charge on any atom is -0.368 e. The van der Waals surface area contributed by atoms with Crippen LogP contribution in [0.1, 0.15) is 19.5 Å². The quantitative estimate of drug-likeness (QED) is 0.862. The van der Waals surface area contributed by atoms with Gasteiger partial charge in [-0.1, -0.05) is 23.2 Å². The third-order valence-corrected chi connectivity index (χ3v) is 3.02. The Morgan fingerprint density at radius 3 is 2.50 bits per heavy atom. The van der Waals surface area contributed by atoms with Gasteiger partial charge in [0, 0.05) is 22.8 Å². The molecule has 1 aromatic carbocycles. The molecule has 0 bridgehead atoms. The van der Waals surface area contributed by atoms with Gasteiger partial charge in [0.1, 0.15) is 5.82 Å². The third kappa shape index (κ3) is 3.99. The van der Waals surface area contributed by atoms with E-state index in [9.17, 15) is 0 Å². The van der Waals surface area contributed by atoms with Gasteiger partial charge in [0.05, 0.1) is 10.7 Å². The first-order valence-corrected chi connectivity index (χ1v) is 7.04. The van der Waals surface area contributed by atoms with E-state index in [2.05, 4.69) is 34.4 Å². The van der Waals surface area contributed by atoms with Crippen molar-refractivity contribution >= 4 is 40.7 Å². The number of hydrogen-bond acceptors (Lipinski definition) is 4. The van der Waals surface area contributed by atoms with E-state index in [1.165, 1.54) is 0 Å². The van der Waals surface area contributed by atoms with Gasteiger partial charge in [-0.3, -0.25) is 0 Å². The lowest BCUT2D eigenvalue weighted by atomic mass is 10.3. The molecule has 0 amide bonds. The van der Waals surface area contributed by atoms with E-state index in [1.807, 2.05) is 13.0 Å². The molecular formula is C14H16Cl2N4. The Bertz CT molecular complexity index is 614. The SMILES string of the molecule is Cc1cc(NC(C)C)nc(Nc2ccc(Cl)cc2Cl)n1. The van der Waals surface area contributed by atoms with E-state index < -0.39 is 0 Å². The van der Waals surface area contributed by atoms with Crippen molar-refractivity contribution < 1.29 is 0 Å². The molecule has 0 atom stereocenters. The van der Waals surface area contributed by atoms with Crippen molar-refractivity contribution in [2.75, 3.05) is 10.6 Å². The molecule has 0 unspecified atom stereocenters. The van der Waals surface area contributed by atoms with Crippen molar-refractivity contribution in [1.82, 2.24) is 9.97 Å². The van der Waals surface area contributed by atoms with Gasteiger partial charge in [0.2, 0.25) is 5.95 Å². The van der Waals surface area contributed by atoms with Crippen molar-refractivity contribution in [2.24, 2.45) is 0 Å². The lowest BCUT2D eigenvalue weighted by molar-refractivity contribution is 0.885. The molecule has 0 aliphatic heterocycles. The summed E-state index contributed by atoms with van der Waals surface area (Å²) in [6.45, 7) is 6.03. The highest BCUT2D eigenvalue weighted by molar-refractivity contribution is 6.36. The van der Waals surface area contributed by atoms with Crippen LogP contribution < -0.4 is 10.6 Å². The topological polar surface area (TPSA) is 49.8 Å².